The second-order valence-electron chi connectivity index (χ2n) is 3.51. The molecular formula is C13H24. The lowest BCUT2D eigenvalue weighted by Gasteiger charge is -2.02. The minimum absolute atomic E-state index is 1.20. The van der Waals surface area contributed by atoms with Gasteiger partial charge in [-0.1, -0.05) is 56.9 Å². The molecule has 0 aliphatic carbocycles. The zero-order chi connectivity index (χ0) is 9.94. The Hall–Kier alpha value is -0.520. The summed E-state index contributed by atoms with van der Waals surface area (Å²) in [6, 6.07) is 0. The first kappa shape index (κ1) is 12.5. The van der Waals surface area contributed by atoms with Crippen molar-refractivity contribution >= 4 is 0 Å². The molecule has 0 unspecified atom stereocenters. The molecule has 0 heteroatoms. The van der Waals surface area contributed by atoms with Crippen LogP contribution < -0.4 is 0 Å². The molecule has 0 saturated carbocycles. The SMILES string of the molecule is CC=CC=C(CC)CCCCCC. The fraction of sp³-hybridized carbons (Fsp3) is 0.692. The third-order valence-electron chi connectivity index (χ3n) is 2.33. The maximum atomic E-state index is 2.27. The zero-order valence-electron chi connectivity index (χ0n) is 9.47. The number of allylic oxidation sites excluding steroid dienone is 4. The molecule has 0 saturated heterocycles. The van der Waals surface area contributed by atoms with E-state index in [9.17, 15) is 0 Å². The lowest BCUT2D eigenvalue weighted by molar-refractivity contribution is 0.658. The maximum Gasteiger partial charge on any atom is -0.0317 e. The van der Waals surface area contributed by atoms with Crippen molar-refractivity contribution in [3.63, 3.8) is 0 Å². The van der Waals surface area contributed by atoms with E-state index in [0.717, 1.165) is 0 Å². The van der Waals surface area contributed by atoms with Crippen LogP contribution in [0.3, 0.4) is 0 Å². The fourth-order valence-corrected chi connectivity index (χ4v) is 1.39. The highest BCUT2D eigenvalue weighted by molar-refractivity contribution is 5.11. The van der Waals surface area contributed by atoms with Crippen LogP contribution in [-0.4, -0.2) is 0 Å². The first-order valence-corrected chi connectivity index (χ1v) is 5.65. The summed E-state index contributed by atoms with van der Waals surface area (Å²) in [5.74, 6) is 0. The Morgan fingerprint density at radius 1 is 1.08 bits per heavy atom. The van der Waals surface area contributed by atoms with Gasteiger partial charge >= 0.3 is 0 Å². The first-order chi connectivity index (χ1) is 6.35. The summed E-state index contributed by atoms with van der Waals surface area (Å²) < 4.78 is 0. The molecule has 0 heterocycles. The van der Waals surface area contributed by atoms with Gasteiger partial charge in [-0.05, 0) is 26.2 Å². The van der Waals surface area contributed by atoms with Crippen molar-refractivity contribution in [3.05, 3.63) is 23.8 Å². The van der Waals surface area contributed by atoms with Gasteiger partial charge in [0.2, 0.25) is 0 Å². The predicted molar refractivity (Wildman–Crippen MR) is 61.9 cm³/mol. The number of unbranched alkanes of at least 4 members (excludes halogenated alkanes) is 3. The maximum absolute atomic E-state index is 2.27. The van der Waals surface area contributed by atoms with Crippen LogP contribution in [0.25, 0.3) is 0 Å². The van der Waals surface area contributed by atoms with Gasteiger partial charge in [-0.15, -0.1) is 0 Å². The summed E-state index contributed by atoms with van der Waals surface area (Å²) in [5.41, 5.74) is 1.59. The summed E-state index contributed by atoms with van der Waals surface area (Å²) in [4.78, 5) is 0. The molecule has 0 aliphatic rings. The largest absolute Gasteiger partial charge is 0.0877 e. The third kappa shape index (κ3) is 7.83. The molecule has 0 N–H and O–H groups in total. The van der Waals surface area contributed by atoms with Gasteiger partial charge in [0, 0.05) is 0 Å². The molecule has 0 rings (SSSR count). The second-order valence-corrected chi connectivity index (χ2v) is 3.51. The Kier molecular flexibility index (Phi) is 9.18. The second kappa shape index (κ2) is 9.57. The predicted octanol–water partition coefficient (Wildman–Crippen LogP) is 4.87. The quantitative estimate of drug-likeness (QED) is 0.387. The molecule has 0 atom stereocenters. The Bertz CT molecular complexity index is 151. The molecule has 0 spiro atoms. The topological polar surface area (TPSA) is 0 Å². The van der Waals surface area contributed by atoms with Crippen LogP contribution in [0.2, 0.25) is 0 Å². The Balaban J connectivity index is 3.59. The van der Waals surface area contributed by atoms with E-state index >= 15 is 0 Å². The van der Waals surface area contributed by atoms with Crippen molar-refractivity contribution in [2.75, 3.05) is 0 Å². The number of rotatable bonds is 7. The van der Waals surface area contributed by atoms with E-state index in [2.05, 4.69) is 39.0 Å². The lowest BCUT2D eigenvalue weighted by atomic mass is 10.0. The fourth-order valence-electron chi connectivity index (χ4n) is 1.39. The van der Waals surface area contributed by atoms with Gasteiger partial charge in [-0.2, -0.15) is 0 Å². The zero-order valence-corrected chi connectivity index (χ0v) is 9.47. The molecule has 0 amide bonds. The van der Waals surface area contributed by atoms with Crippen LogP contribution in [0, 0.1) is 0 Å². The van der Waals surface area contributed by atoms with Gasteiger partial charge in [0.05, 0.1) is 0 Å². The van der Waals surface area contributed by atoms with Crippen LogP contribution in [0.5, 0.6) is 0 Å². The van der Waals surface area contributed by atoms with Crippen molar-refractivity contribution in [2.24, 2.45) is 0 Å². The van der Waals surface area contributed by atoms with E-state index in [4.69, 9.17) is 0 Å². The van der Waals surface area contributed by atoms with E-state index in [0.29, 0.717) is 0 Å². The molecule has 76 valence electrons. The minimum Gasteiger partial charge on any atom is -0.0877 e. The van der Waals surface area contributed by atoms with Crippen molar-refractivity contribution in [2.45, 2.75) is 59.3 Å². The first-order valence-electron chi connectivity index (χ1n) is 5.65. The molecular weight excluding hydrogens is 156 g/mol. The lowest BCUT2D eigenvalue weighted by Crippen LogP contribution is -1.82. The van der Waals surface area contributed by atoms with E-state index < -0.39 is 0 Å². The van der Waals surface area contributed by atoms with Gasteiger partial charge < -0.3 is 0 Å². The summed E-state index contributed by atoms with van der Waals surface area (Å²) >= 11 is 0. The van der Waals surface area contributed by atoms with Gasteiger partial charge in [0.1, 0.15) is 0 Å². The van der Waals surface area contributed by atoms with Gasteiger partial charge in [-0.25, -0.2) is 0 Å². The summed E-state index contributed by atoms with van der Waals surface area (Å²) in [6.45, 7) is 6.58. The standard InChI is InChI=1S/C13H24/c1-4-7-9-10-12-13(6-3)11-8-5-2/h5,8,11H,4,6-7,9-10,12H2,1-3H3. The number of hydrogen-bond acceptors (Lipinski definition) is 0. The van der Waals surface area contributed by atoms with Gasteiger partial charge in [0.25, 0.3) is 0 Å². The van der Waals surface area contributed by atoms with E-state index in [1.54, 1.807) is 5.57 Å². The average molecular weight is 180 g/mol. The van der Waals surface area contributed by atoms with E-state index in [1.807, 2.05) is 0 Å². The minimum atomic E-state index is 1.20. The highest BCUT2D eigenvalue weighted by atomic mass is 14.0. The Morgan fingerprint density at radius 3 is 2.38 bits per heavy atom. The van der Waals surface area contributed by atoms with Crippen LogP contribution in [0.1, 0.15) is 59.3 Å². The molecule has 0 nitrogen and oxygen atoms in total. The normalized spacial score (nSPS) is 12.7. The molecule has 0 bridgehead atoms. The smallest absolute Gasteiger partial charge is 0.0317 e. The van der Waals surface area contributed by atoms with Crippen molar-refractivity contribution in [1.82, 2.24) is 0 Å². The Labute approximate surface area is 83.7 Å². The molecule has 0 radical (unpaired) electrons. The summed E-state index contributed by atoms with van der Waals surface area (Å²) in [6.07, 6.45) is 14.5. The highest BCUT2D eigenvalue weighted by Gasteiger charge is 1.93. The van der Waals surface area contributed by atoms with E-state index in [1.165, 1.54) is 38.5 Å². The highest BCUT2D eigenvalue weighted by Crippen LogP contribution is 2.13. The molecule has 13 heavy (non-hydrogen) atoms. The number of hydrogen-bond donors (Lipinski definition) is 0. The summed E-state index contributed by atoms with van der Waals surface area (Å²) in [7, 11) is 0. The molecule has 0 fully saturated rings. The van der Waals surface area contributed by atoms with Crippen molar-refractivity contribution in [3.8, 4) is 0 Å². The monoisotopic (exact) mass is 180 g/mol. The van der Waals surface area contributed by atoms with Crippen LogP contribution in [-0.2, 0) is 0 Å². The third-order valence-corrected chi connectivity index (χ3v) is 2.33. The van der Waals surface area contributed by atoms with E-state index in [-0.39, 0.29) is 0 Å². The van der Waals surface area contributed by atoms with Crippen molar-refractivity contribution < 1.29 is 0 Å². The Morgan fingerprint density at radius 2 is 1.85 bits per heavy atom. The van der Waals surface area contributed by atoms with Crippen LogP contribution in [0.4, 0.5) is 0 Å². The van der Waals surface area contributed by atoms with Crippen molar-refractivity contribution in [1.29, 1.82) is 0 Å². The molecule has 0 aromatic heterocycles. The van der Waals surface area contributed by atoms with Gasteiger partial charge in [0.15, 0.2) is 0 Å². The average Bonchev–Trinajstić information content (AvgIpc) is 2.17. The van der Waals surface area contributed by atoms with Crippen LogP contribution >= 0.6 is 0 Å². The molecule has 0 aromatic carbocycles. The molecule has 0 aromatic rings. The van der Waals surface area contributed by atoms with Crippen LogP contribution in [0.15, 0.2) is 23.8 Å². The summed E-state index contributed by atoms with van der Waals surface area (Å²) in [5, 5.41) is 0. The molecule has 0 aliphatic heterocycles. The van der Waals surface area contributed by atoms with Gasteiger partial charge in [-0.3, -0.25) is 0 Å².